The van der Waals surface area contributed by atoms with E-state index in [1.165, 1.54) is 26.4 Å². The number of para-hydroxylation sites is 1. The maximum atomic E-state index is 5.39. The van der Waals surface area contributed by atoms with Crippen LogP contribution in [-0.4, -0.2) is 6.61 Å². The van der Waals surface area contributed by atoms with Crippen LogP contribution in [0.5, 0.6) is 0 Å². The van der Waals surface area contributed by atoms with Gasteiger partial charge in [-0.25, -0.2) is 0 Å². The molecule has 0 saturated carbocycles. The number of ether oxygens (including phenoxy) is 1. The number of thiazole rings is 1. The maximum absolute atomic E-state index is 5.39. The first-order valence-electron chi connectivity index (χ1n) is 10.2. The van der Waals surface area contributed by atoms with Crippen molar-refractivity contribution >= 4 is 27.6 Å². The van der Waals surface area contributed by atoms with Gasteiger partial charge in [-0.05, 0) is 61.8 Å². The quantitative estimate of drug-likeness (QED) is 0.244. The molecule has 4 heteroatoms. The van der Waals surface area contributed by atoms with Crippen molar-refractivity contribution in [3.05, 3.63) is 70.5 Å². The Morgan fingerprint density at radius 1 is 1.21 bits per heavy atom. The van der Waals surface area contributed by atoms with Crippen LogP contribution in [0.1, 0.15) is 52.5 Å². The van der Waals surface area contributed by atoms with Crippen LogP contribution in [0.25, 0.3) is 16.3 Å². The molecular formula is C25H32INOS. The standard InChI is InChI=1S/C25H32NOS.HI/c1-6-26-22-10-8-9-11-23(22)28-24(26)15-21-14-20(16-25(4,5)17-21)13-12-19(3)18-27-7-2;/h8-15,18H,6-7,16-17H2,1-5H3;1H/q+1;/p-1. The van der Waals surface area contributed by atoms with Gasteiger partial charge >= 0.3 is 0 Å². The molecule has 1 aliphatic rings. The lowest BCUT2D eigenvalue weighted by Gasteiger charge is -2.30. The first kappa shape index (κ1) is 23.9. The minimum atomic E-state index is 0. The van der Waals surface area contributed by atoms with Gasteiger partial charge in [0, 0.05) is 12.1 Å². The molecule has 1 aromatic carbocycles. The van der Waals surface area contributed by atoms with Gasteiger partial charge < -0.3 is 28.7 Å². The fourth-order valence-electron chi connectivity index (χ4n) is 3.85. The SMILES string of the molecule is CCOC=C(C)C=CC1=CC(=Cc2sc3ccccc3[n+]2CC)CC(C)(C)C1.[I-]. The number of aromatic nitrogens is 1. The normalized spacial score (nSPS) is 18.2. The van der Waals surface area contributed by atoms with E-state index in [1.807, 2.05) is 24.5 Å². The summed E-state index contributed by atoms with van der Waals surface area (Å²) < 4.78 is 9.16. The summed E-state index contributed by atoms with van der Waals surface area (Å²) >= 11 is 1.88. The van der Waals surface area contributed by atoms with Crippen LogP contribution in [0.2, 0.25) is 0 Å². The van der Waals surface area contributed by atoms with E-state index >= 15 is 0 Å². The van der Waals surface area contributed by atoms with Gasteiger partial charge in [0.15, 0.2) is 0 Å². The third kappa shape index (κ3) is 6.29. The van der Waals surface area contributed by atoms with Crippen molar-refractivity contribution in [3.8, 4) is 0 Å². The Bertz CT molecular complexity index is 962. The Kier molecular flexibility index (Phi) is 8.71. The lowest BCUT2D eigenvalue weighted by molar-refractivity contribution is -0.665. The average molecular weight is 522 g/mol. The van der Waals surface area contributed by atoms with Gasteiger partial charge in [0.2, 0.25) is 5.52 Å². The van der Waals surface area contributed by atoms with E-state index in [-0.39, 0.29) is 29.4 Å². The molecule has 0 amide bonds. The summed E-state index contributed by atoms with van der Waals surface area (Å²) in [7, 11) is 0. The van der Waals surface area contributed by atoms with Gasteiger partial charge in [0.25, 0.3) is 5.01 Å². The van der Waals surface area contributed by atoms with E-state index in [2.05, 4.69) is 80.8 Å². The molecule has 1 aromatic heterocycles. The highest BCUT2D eigenvalue weighted by atomic mass is 127. The zero-order valence-corrected chi connectivity index (χ0v) is 21.1. The lowest BCUT2D eigenvalue weighted by Crippen LogP contribution is -3.00. The molecule has 0 saturated heterocycles. The molecule has 0 bridgehead atoms. The van der Waals surface area contributed by atoms with Crippen LogP contribution in [0.4, 0.5) is 0 Å². The smallest absolute Gasteiger partial charge is 0.263 e. The molecule has 3 rings (SSSR count). The minimum Gasteiger partial charge on any atom is -1.00 e. The summed E-state index contributed by atoms with van der Waals surface area (Å²) in [5.41, 5.74) is 5.54. The third-order valence-corrected chi connectivity index (χ3v) is 6.11. The largest absolute Gasteiger partial charge is 1.00 e. The molecule has 0 N–H and O–H groups in total. The van der Waals surface area contributed by atoms with Gasteiger partial charge in [-0.2, -0.15) is 4.57 Å². The summed E-state index contributed by atoms with van der Waals surface area (Å²) in [6, 6.07) is 8.69. The Morgan fingerprint density at radius 3 is 2.69 bits per heavy atom. The van der Waals surface area contributed by atoms with Crippen LogP contribution in [-0.2, 0) is 11.3 Å². The van der Waals surface area contributed by atoms with Crippen molar-refractivity contribution in [1.82, 2.24) is 0 Å². The van der Waals surface area contributed by atoms with E-state index < -0.39 is 0 Å². The second-order valence-corrected chi connectivity index (χ2v) is 9.32. The summed E-state index contributed by atoms with van der Waals surface area (Å²) in [6.45, 7) is 12.7. The summed E-state index contributed by atoms with van der Waals surface area (Å²) in [5, 5.41) is 1.34. The molecule has 1 heterocycles. The summed E-state index contributed by atoms with van der Waals surface area (Å²) in [6.07, 6.45) is 13.2. The zero-order chi connectivity index (χ0) is 20.1. The fourth-order valence-corrected chi connectivity index (χ4v) is 5.05. The van der Waals surface area contributed by atoms with Crippen molar-refractivity contribution in [2.75, 3.05) is 6.61 Å². The Balaban J connectivity index is 0.00000300. The molecule has 0 atom stereocenters. The number of nitrogens with zero attached hydrogens (tertiary/aromatic N) is 1. The van der Waals surface area contributed by atoms with E-state index in [4.69, 9.17) is 4.74 Å². The minimum absolute atomic E-state index is 0. The van der Waals surface area contributed by atoms with Crippen molar-refractivity contribution in [3.63, 3.8) is 0 Å². The Morgan fingerprint density at radius 2 is 1.97 bits per heavy atom. The molecule has 0 fully saturated rings. The first-order chi connectivity index (χ1) is 13.4. The van der Waals surface area contributed by atoms with Gasteiger partial charge in [-0.1, -0.05) is 55.5 Å². The molecule has 2 aromatic rings. The number of fused-ring (bicyclic) bond motifs is 1. The highest BCUT2D eigenvalue weighted by molar-refractivity contribution is 7.18. The van der Waals surface area contributed by atoms with E-state index in [0.29, 0.717) is 6.61 Å². The summed E-state index contributed by atoms with van der Waals surface area (Å²) in [5.74, 6) is 0. The number of aryl methyl sites for hydroxylation is 1. The van der Waals surface area contributed by atoms with Crippen LogP contribution in [0.15, 0.2) is 65.5 Å². The highest BCUT2D eigenvalue weighted by Crippen LogP contribution is 2.39. The van der Waals surface area contributed by atoms with Crippen molar-refractivity contribution < 1.29 is 33.3 Å². The number of benzene rings is 1. The number of hydrogen-bond donors (Lipinski definition) is 0. The van der Waals surface area contributed by atoms with Crippen LogP contribution in [0, 0.1) is 5.41 Å². The van der Waals surface area contributed by atoms with Crippen molar-refractivity contribution in [1.29, 1.82) is 0 Å². The second kappa shape index (κ2) is 10.6. The van der Waals surface area contributed by atoms with Crippen LogP contribution in [0.3, 0.4) is 0 Å². The van der Waals surface area contributed by atoms with Gasteiger partial charge in [0.05, 0.1) is 12.9 Å². The molecule has 156 valence electrons. The molecule has 0 aliphatic heterocycles. The van der Waals surface area contributed by atoms with Crippen LogP contribution >= 0.6 is 11.3 Å². The fraction of sp³-hybridized carbons (Fsp3) is 0.400. The average Bonchev–Trinajstić information content (AvgIpc) is 3.00. The predicted molar refractivity (Wildman–Crippen MR) is 121 cm³/mol. The predicted octanol–water partition coefficient (Wildman–Crippen LogP) is 3.84. The van der Waals surface area contributed by atoms with Gasteiger partial charge in [0.1, 0.15) is 11.2 Å². The van der Waals surface area contributed by atoms with E-state index in [1.54, 1.807) is 0 Å². The van der Waals surface area contributed by atoms with Gasteiger partial charge in [-0.15, -0.1) is 0 Å². The number of rotatable bonds is 6. The highest BCUT2D eigenvalue weighted by Gasteiger charge is 2.26. The van der Waals surface area contributed by atoms with E-state index in [0.717, 1.165) is 25.0 Å². The van der Waals surface area contributed by atoms with Crippen molar-refractivity contribution in [2.24, 2.45) is 5.41 Å². The summed E-state index contributed by atoms with van der Waals surface area (Å²) in [4.78, 5) is 0. The molecule has 29 heavy (non-hydrogen) atoms. The third-order valence-electron chi connectivity index (χ3n) is 4.99. The number of allylic oxidation sites excluding steroid dienone is 6. The van der Waals surface area contributed by atoms with Crippen LogP contribution < -0.4 is 28.5 Å². The second-order valence-electron chi connectivity index (χ2n) is 8.26. The Hall–Kier alpha value is -1.40. The molecule has 2 nitrogen and oxygen atoms in total. The molecule has 0 radical (unpaired) electrons. The zero-order valence-electron chi connectivity index (χ0n) is 18.2. The molecule has 0 spiro atoms. The molecular weight excluding hydrogens is 489 g/mol. The van der Waals surface area contributed by atoms with Gasteiger partial charge in [-0.3, -0.25) is 0 Å². The molecule has 0 unspecified atom stereocenters. The monoisotopic (exact) mass is 521 g/mol. The van der Waals surface area contributed by atoms with Crippen molar-refractivity contribution in [2.45, 2.75) is 54.0 Å². The first-order valence-corrected chi connectivity index (χ1v) is 11.0. The molecule has 1 aliphatic carbocycles. The lowest BCUT2D eigenvalue weighted by atomic mass is 9.75. The maximum Gasteiger partial charge on any atom is 0.263 e. The Labute approximate surface area is 196 Å². The number of halogens is 1. The number of hydrogen-bond acceptors (Lipinski definition) is 2. The van der Waals surface area contributed by atoms with E-state index in [9.17, 15) is 0 Å². The topological polar surface area (TPSA) is 13.1 Å².